The zero-order valence-electron chi connectivity index (χ0n) is 41.5. The first kappa shape index (κ1) is 60.5. The topological polar surface area (TPSA) is 418 Å². The summed E-state index contributed by atoms with van der Waals surface area (Å²) in [5.74, 6) is -10.0. The molecule has 0 aromatic heterocycles. The second-order valence-corrected chi connectivity index (χ2v) is 18.3. The average Bonchev–Trinajstić information content (AvgIpc) is 3.30. The molecule has 0 saturated carbocycles. The molecule has 2 rings (SSSR count). The third-order valence-corrected chi connectivity index (χ3v) is 10.9. The van der Waals surface area contributed by atoms with Crippen LogP contribution in [0, 0.1) is 11.8 Å². The molecule has 2 aromatic rings. The number of primary amides is 2. The molecular formula is C48H73N13O11. The zero-order valence-corrected chi connectivity index (χ0v) is 41.5. The van der Waals surface area contributed by atoms with Gasteiger partial charge in [-0.25, -0.2) is 4.79 Å². The van der Waals surface area contributed by atoms with Crippen molar-refractivity contribution in [1.29, 1.82) is 0 Å². The first-order valence-electron chi connectivity index (χ1n) is 23.7. The number of aliphatic carboxylic acids is 1. The first-order chi connectivity index (χ1) is 33.9. The second kappa shape index (κ2) is 30.9. The molecule has 2 aromatic carbocycles. The highest BCUT2D eigenvalue weighted by atomic mass is 16.4. The van der Waals surface area contributed by atoms with Crippen LogP contribution in [0.4, 0.5) is 0 Å². The summed E-state index contributed by atoms with van der Waals surface area (Å²) < 4.78 is 0. The van der Waals surface area contributed by atoms with Gasteiger partial charge in [-0.2, -0.15) is 0 Å². The van der Waals surface area contributed by atoms with Crippen LogP contribution in [0.25, 0.3) is 0 Å². The van der Waals surface area contributed by atoms with Gasteiger partial charge in [-0.05, 0) is 68.4 Å². The summed E-state index contributed by atoms with van der Waals surface area (Å²) in [6.07, 6.45) is -1.40. The minimum Gasteiger partial charge on any atom is -0.480 e. The number of carbonyl (C=O) groups is 10. The maximum atomic E-state index is 14.1. The minimum absolute atomic E-state index is 0.00923. The standard InChI is InChI=1S/C48H73N13O11/c1-26(2)21-34(44(68)55-28(5)40(64)61-37(47(71)72)24-30-15-10-7-11-16-30)59-46(70)36(25-39(51)63)60-43(67)33(18-19-38(50)62)57-42(66)32(17-12-20-54-48(52)53)56-45(69)35(22-27(3)4)58-41(65)31(49)23-29-13-8-6-9-14-29/h6-11,13-16,26-28,31-37H,12,17-25,49H2,1-5H3,(H2,50,62)(H2,51,63)(H,55,68)(H,56,69)(H,57,66)(H,58,65)(H,59,70)(H,60,67)(H,61,64)(H,71,72)(H4,52,53,54)/t28-,31-,32-,33-,34-,35-,36-,37-/m0/s1. The minimum atomic E-state index is -1.76. The largest absolute Gasteiger partial charge is 0.480 e. The Bertz CT molecular complexity index is 2190. The van der Waals surface area contributed by atoms with Crippen molar-refractivity contribution in [1.82, 2.24) is 37.2 Å². The Morgan fingerprint density at radius 3 is 1.39 bits per heavy atom. The summed E-state index contributed by atoms with van der Waals surface area (Å²) in [4.78, 5) is 136. The first-order valence-corrected chi connectivity index (χ1v) is 23.7. The Kier molecular flexibility index (Phi) is 25.9. The van der Waals surface area contributed by atoms with Gasteiger partial charge in [0.1, 0.15) is 42.3 Å². The average molecular weight is 1010 g/mol. The van der Waals surface area contributed by atoms with Crippen molar-refractivity contribution >= 4 is 65.1 Å². The normalized spacial score (nSPS) is 14.3. The van der Waals surface area contributed by atoms with Gasteiger partial charge in [0.15, 0.2) is 5.96 Å². The predicted octanol–water partition coefficient (Wildman–Crippen LogP) is -2.42. The van der Waals surface area contributed by atoms with Gasteiger partial charge in [0.2, 0.25) is 53.2 Å². The molecule has 0 saturated heterocycles. The molecule has 0 bridgehead atoms. The summed E-state index contributed by atoms with van der Waals surface area (Å²) in [7, 11) is 0. The SMILES string of the molecule is CC(C)C[C@H](NC(=O)[C@H](CC(N)=O)NC(=O)[C@H](CCC(N)=O)NC(=O)[C@H](CCCN=C(N)N)NC(=O)[C@H](CC(C)C)NC(=O)[C@@H](N)Cc1ccccc1)C(=O)N[C@@H](C)C(=O)N[C@@H](Cc1ccccc1)C(=O)O. The van der Waals surface area contributed by atoms with Crippen LogP contribution in [-0.2, 0) is 60.8 Å². The lowest BCUT2D eigenvalue weighted by molar-refractivity contribution is -0.142. The molecule has 24 heteroatoms. The third-order valence-electron chi connectivity index (χ3n) is 10.9. The van der Waals surface area contributed by atoms with Gasteiger partial charge in [0, 0.05) is 19.4 Å². The van der Waals surface area contributed by atoms with Crippen molar-refractivity contribution in [2.24, 2.45) is 45.5 Å². The van der Waals surface area contributed by atoms with E-state index in [4.69, 9.17) is 28.7 Å². The fraction of sp³-hybridized carbons (Fsp3) is 0.521. The Balaban J connectivity index is 2.35. The lowest BCUT2D eigenvalue weighted by Crippen LogP contribution is -2.60. The second-order valence-electron chi connectivity index (χ2n) is 18.3. The van der Waals surface area contributed by atoms with Crippen LogP contribution < -0.4 is 65.9 Å². The molecule has 0 heterocycles. The summed E-state index contributed by atoms with van der Waals surface area (Å²) in [6, 6.07) is 6.59. The number of rotatable bonds is 32. The van der Waals surface area contributed by atoms with Gasteiger partial charge >= 0.3 is 5.97 Å². The van der Waals surface area contributed by atoms with Crippen molar-refractivity contribution in [2.45, 2.75) is 141 Å². The fourth-order valence-electron chi connectivity index (χ4n) is 7.20. The number of hydrogen-bond acceptors (Lipinski definition) is 12. The van der Waals surface area contributed by atoms with Gasteiger partial charge in [-0.3, -0.25) is 48.1 Å². The maximum absolute atomic E-state index is 14.1. The van der Waals surface area contributed by atoms with E-state index in [-0.39, 0.29) is 62.9 Å². The lowest BCUT2D eigenvalue weighted by Gasteiger charge is -2.28. The fourth-order valence-corrected chi connectivity index (χ4v) is 7.20. The number of hydrogen-bond donors (Lipinski definition) is 13. The molecule has 8 atom stereocenters. The molecule has 0 fully saturated rings. The van der Waals surface area contributed by atoms with Crippen LogP contribution in [-0.4, -0.2) is 125 Å². The number of carboxylic acids is 1. The van der Waals surface area contributed by atoms with E-state index in [9.17, 15) is 53.1 Å². The van der Waals surface area contributed by atoms with Gasteiger partial charge in [-0.1, -0.05) is 88.4 Å². The van der Waals surface area contributed by atoms with E-state index in [1.54, 1.807) is 68.4 Å². The highest BCUT2D eigenvalue weighted by Crippen LogP contribution is 2.12. The Morgan fingerprint density at radius 2 is 0.917 bits per heavy atom. The van der Waals surface area contributed by atoms with Gasteiger partial charge in [0.05, 0.1) is 12.5 Å². The van der Waals surface area contributed by atoms with Crippen LogP contribution >= 0.6 is 0 Å². The van der Waals surface area contributed by atoms with Crippen LogP contribution in [0.1, 0.15) is 90.7 Å². The molecule has 0 aliphatic heterocycles. The molecule has 24 nitrogen and oxygen atoms in total. The number of guanidine groups is 1. The van der Waals surface area contributed by atoms with E-state index in [1.807, 2.05) is 19.9 Å². The number of carboxylic acid groups (broad SMARTS) is 1. The van der Waals surface area contributed by atoms with Crippen LogP contribution in [0.3, 0.4) is 0 Å². The molecule has 72 heavy (non-hydrogen) atoms. The van der Waals surface area contributed by atoms with Crippen LogP contribution in [0.2, 0.25) is 0 Å². The predicted molar refractivity (Wildman–Crippen MR) is 266 cm³/mol. The molecule has 0 radical (unpaired) electrons. The van der Waals surface area contributed by atoms with Gasteiger partial charge in [-0.15, -0.1) is 0 Å². The molecule has 0 unspecified atom stereocenters. The van der Waals surface area contributed by atoms with Crippen molar-refractivity contribution in [2.75, 3.05) is 6.54 Å². The van der Waals surface area contributed by atoms with Crippen molar-refractivity contribution in [3.8, 4) is 0 Å². The van der Waals surface area contributed by atoms with Crippen molar-refractivity contribution in [3.63, 3.8) is 0 Å². The van der Waals surface area contributed by atoms with E-state index in [1.165, 1.54) is 6.92 Å². The summed E-state index contributed by atoms with van der Waals surface area (Å²) >= 11 is 0. The smallest absolute Gasteiger partial charge is 0.326 e. The molecule has 0 aliphatic rings. The van der Waals surface area contributed by atoms with Crippen molar-refractivity contribution < 1.29 is 53.1 Å². The highest BCUT2D eigenvalue weighted by Gasteiger charge is 2.35. The summed E-state index contributed by atoms with van der Waals surface area (Å²) in [6.45, 7) is 8.44. The highest BCUT2D eigenvalue weighted by molar-refractivity contribution is 5.99. The third kappa shape index (κ3) is 23.3. The molecular weight excluding hydrogens is 935 g/mol. The molecule has 18 N–H and O–H groups in total. The van der Waals surface area contributed by atoms with E-state index in [0.29, 0.717) is 5.56 Å². The van der Waals surface area contributed by atoms with E-state index < -0.39 is 127 Å². The molecule has 0 aliphatic carbocycles. The quantitative estimate of drug-likeness (QED) is 0.0206. The molecule has 0 spiro atoms. The Labute approximate surface area is 418 Å². The number of nitrogens with two attached hydrogens (primary N) is 5. The van der Waals surface area contributed by atoms with Gasteiger partial charge < -0.3 is 71.0 Å². The van der Waals surface area contributed by atoms with E-state index >= 15 is 0 Å². The van der Waals surface area contributed by atoms with E-state index in [0.717, 1.165) is 5.56 Å². The summed E-state index contributed by atoms with van der Waals surface area (Å²) in [5, 5.41) is 27.3. The number of aliphatic imine (C=N–C) groups is 1. The lowest BCUT2D eigenvalue weighted by atomic mass is 10.0. The summed E-state index contributed by atoms with van der Waals surface area (Å²) in [5.41, 5.74) is 29.5. The van der Waals surface area contributed by atoms with Crippen molar-refractivity contribution in [3.05, 3.63) is 71.8 Å². The van der Waals surface area contributed by atoms with E-state index in [2.05, 4.69) is 42.2 Å². The molecule has 396 valence electrons. The maximum Gasteiger partial charge on any atom is 0.326 e. The number of nitrogens with zero attached hydrogens (tertiary/aromatic N) is 1. The zero-order chi connectivity index (χ0) is 54.1. The monoisotopic (exact) mass is 1010 g/mol. The number of nitrogens with one attached hydrogen (secondary N) is 7. The number of benzene rings is 2. The molecule has 9 amide bonds. The van der Waals surface area contributed by atoms with Gasteiger partial charge in [0.25, 0.3) is 0 Å². The Morgan fingerprint density at radius 1 is 0.500 bits per heavy atom. The van der Waals surface area contributed by atoms with Crippen LogP contribution in [0.5, 0.6) is 0 Å². The van der Waals surface area contributed by atoms with Crippen LogP contribution in [0.15, 0.2) is 65.7 Å². The Hall–Kier alpha value is -7.63. The number of carbonyl (C=O) groups excluding carboxylic acids is 9. The number of amides is 9.